The number of nitrogens with zero attached hydrogens (tertiary/aromatic N) is 1. The second kappa shape index (κ2) is 6.35. The zero-order valence-corrected chi connectivity index (χ0v) is 9.13. The number of aldehydes is 1. The zero-order chi connectivity index (χ0) is 11.8. The number of carbonyl (C=O) groups is 1. The van der Waals surface area contributed by atoms with E-state index in [1.54, 1.807) is 18.3 Å². The van der Waals surface area contributed by atoms with Gasteiger partial charge in [-0.2, -0.15) is 0 Å². The van der Waals surface area contributed by atoms with Crippen molar-refractivity contribution in [3.63, 3.8) is 0 Å². The predicted octanol–water partition coefficient (Wildman–Crippen LogP) is 2.47. The summed E-state index contributed by atoms with van der Waals surface area (Å²) in [6.07, 6.45) is 3.92. The van der Waals surface area contributed by atoms with E-state index in [0.717, 1.165) is 12.0 Å². The Labute approximate surface area is 94.9 Å². The Morgan fingerprint density at radius 2 is 1.88 bits per heavy atom. The molecule has 1 aromatic heterocycles. The molecule has 2 rings (SSSR count). The van der Waals surface area contributed by atoms with Crippen molar-refractivity contribution in [3.05, 3.63) is 59.9 Å². The highest BCUT2D eigenvalue weighted by atomic mass is 16.1. The first kappa shape index (κ1) is 11.9. The van der Waals surface area contributed by atoms with E-state index in [4.69, 9.17) is 5.73 Å². The first-order valence-corrected chi connectivity index (χ1v) is 4.89. The molecule has 2 aromatic rings. The number of hydrogen-bond donors (Lipinski definition) is 1. The smallest absolute Gasteiger partial charge is 0.151 e. The minimum absolute atomic E-state index is 0.618. The van der Waals surface area contributed by atoms with Crippen LogP contribution in [-0.2, 0) is 0 Å². The molecule has 1 heterocycles. The summed E-state index contributed by atoms with van der Waals surface area (Å²) in [5.41, 5.74) is 8.12. The minimum Gasteiger partial charge on any atom is -0.399 e. The van der Waals surface area contributed by atoms with Crippen LogP contribution in [-0.4, -0.2) is 11.3 Å². The van der Waals surface area contributed by atoms with Gasteiger partial charge < -0.3 is 5.73 Å². The zero-order valence-electron chi connectivity index (χ0n) is 9.13. The Balaban J connectivity index is 0.000000160. The van der Waals surface area contributed by atoms with Crippen molar-refractivity contribution in [2.75, 3.05) is 5.73 Å². The Kier molecular flexibility index (Phi) is 4.73. The van der Waals surface area contributed by atoms with Crippen LogP contribution in [0.1, 0.15) is 15.9 Å². The molecule has 0 amide bonds. The van der Waals surface area contributed by atoms with Crippen LogP contribution in [0, 0.1) is 6.92 Å². The maximum Gasteiger partial charge on any atom is 0.151 e. The number of anilines is 1. The molecule has 0 saturated heterocycles. The van der Waals surface area contributed by atoms with Crippen molar-refractivity contribution in [3.8, 4) is 0 Å². The minimum atomic E-state index is 0.618. The number of carbonyl (C=O) groups excluding carboxylic acids is 1. The van der Waals surface area contributed by atoms with E-state index < -0.39 is 0 Å². The van der Waals surface area contributed by atoms with Crippen molar-refractivity contribution in [1.29, 1.82) is 0 Å². The average molecular weight is 214 g/mol. The molecule has 0 aliphatic rings. The van der Waals surface area contributed by atoms with Crippen LogP contribution in [0.15, 0.2) is 48.8 Å². The fourth-order valence-electron chi connectivity index (χ4n) is 1.01. The average Bonchev–Trinajstić information content (AvgIpc) is 2.35. The van der Waals surface area contributed by atoms with E-state index in [-0.39, 0.29) is 0 Å². The number of benzene rings is 1. The first-order chi connectivity index (χ1) is 7.72. The van der Waals surface area contributed by atoms with Gasteiger partial charge in [0.2, 0.25) is 0 Å². The maximum atomic E-state index is 9.97. The van der Waals surface area contributed by atoms with Gasteiger partial charge in [-0.1, -0.05) is 17.7 Å². The number of nitrogen functional groups attached to an aromatic ring is 1. The molecule has 0 atom stereocenters. The number of rotatable bonds is 1. The van der Waals surface area contributed by atoms with Crippen molar-refractivity contribution >= 4 is 12.0 Å². The van der Waals surface area contributed by atoms with Gasteiger partial charge in [0.1, 0.15) is 0 Å². The van der Waals surface area contributed by atoms with Crippen molar-refractivity contribution in [2.45, 2.75) is 6.92 Å². The second-order valence-corrected chi connectivity index (χ2v) is 3.31. The van der Waals surface area contributed by atoms with Crippen molar-refractivity contribution in [2.24, 2.45) is 0 Å². The number of aryl methyl sites for hydroxylation is 1. The van der Waals surface area contributed by atoms with E-state index in [2.05, 4.69) is 4.98 Å². The van der Waals surface area contributed by atoms with Gasteiger partial charge >= 0.3 is 0 Å². The molecule has 3 nitrogen and oxygen atoms in total. The summed E-state index contributed by atoms with van der Waals surface area (Å²) in [4.78, 5) is 13.7. The monoisotopic (exact) mass is 214 g/mol. The summed E-state index contributed by atoms with van der Waals surface area (Å²) in [7, 11) is 0. The molecule has 0 unspecified atom stereocenters. The number of pyridine rings is 1. The SMILES string of the molecule is Cc1ccc(N)cc1.O=Cc1cccnc1. The van der Waals surface area contributed by atoms with Gasteiger partial charge in [0.25, 0.3) is 0 Å². The molecule has 2 N–H and O–H groups in total. The van der Waals surface area contributed by atoms with Crippen molar-refractivity contribution in [1.82, 2.24) is 4.98 Å². The van der Waals surface area contributed by atoms with Gasteiger partial charge in [-0.3, -0.25) is 9.78 Å². The molecule has 0 spiro atoms. The standard InChI is InChI=1S/C7H9N.C6H5NO/c1-6-2-4-7(8)5-3-6;8-5-6-2-1-3-7-4-6/h2-5H,8H2,1H3;1-5H. The van der Waals surface area contributed by atoms with Crippen molar-refractivity contribution < 1.29 is 4.79 Å². The van der Waals surface area contributed by atoms with Gasteiger partial charge in [-0.05, 0) is 31.2 Å². The summed E-state index contributed by atoms with van der Waals surface area (Å²) in [5.74, 6) is 0. The highest BCUT2D eigenvalue weighted by Gasteiger charge is 1.81. The molecular formula is C13H14N2O. The lowest BCUT2D eigenvalue weighted by Gasteiger charge is -1.90. The Morgan fingerprint density at radius 3 is 2.25 bits per heavy atom. The van der Waals surface area contributed by atoms with Crippen LogP contribution in [0.25, 0.3) is 0 Å². The lowest BCUT2D eigenvalue weighted by Crippen LogP contribution is -1.81. The molecule has 0 radical (unpaired) electrons. The fourth-order valence-corrected chi connectivity index (χ4v) is 1.01. The molecule has 0 fully saturated rings. The third-order valence-corrected chi connectivity index (χ3v) is 1.90. The normalized spacial score (nSPS) is 8.81. The van der Waals surface area contributed by atoms with Gasteiger partial charge in [-0.25, -0.2) is 0 Å². The highest BCUT2D eigenvalue weighted by molar-refractivity contribution is 5.73. The largest absolute Gasteiger partial charge is 0.399 e. The molecule has 3 heteroatoms. The van der Waals surface area contributed by atoms with E-state index in [0.29, 0.717) is 5.56 Å². The first-order valence-electron chi connectivity index (χ1n) is 4.89. The Hall–Kier alpha value is -2.16. The van der Waals surface area contributed by atoms with Gasteiger partial charge in [0.05, 0.1) is 0 Å². The molecule has 0 aliphatic heterocycles. The third-order valence-electron chi connectivity index (χ3n) is 1.90. The summed E-state index contributed by atoms with van der Waals surface area (Å²) < 4.78 is 0. The molecule has 1 aromatic carbocycles. The van der Waals surface area contributed by atoms with Gasteiger partial charge in [0, 0.05) is 23.6 Å². The lowest BCUT2D eigenvalue weighted by molar-refractivity contribution is 0.112. The number of hydrogen-bond acceptors (Lipinski definition) is 3. The van der Waals surface area contributed by atoms with Crippen LogP contribution in [0.3, 0.4) is 0 Å². The molecule has 16 heavy (non-hydrogen) atoms. The van der Waals surface area contributed by atoms with E-state index in [9.17, 15) is 4.79 Å². The van der Waals surface area contributed by atoms with Gasteiger partial charge in [0.15, 0.2) is 6.29 Å². The molecule has 0 saturated carbocycles. The van der Waals surface area contributed by atoms with Gasteiger partial charge in [-0.15, -0.1) is 0 Å². The Morgan fingerprint density at radius 1 is 1.19 bits per heavy atom. The van der Waals surface area contributed by atoms with E-state index >= 15 is 0 Å². The van der Waals surface area contributed by atoms with Crippen LogP contribution in [0.4, 0.5) is 5.69 Å². The van der Waals surface area contributed by atoms with Crippen LogP contribution in [0.2, 0.25) is 0 Å². The second-order valence-electron chi connectivity index (χ2n) is 3.31. The summed E-state index contributed by atoms with van der Waals surface area (Å²) in [5, 5.41) is 0. The molecule has 0 aliphatic carbocycles. The number of nitrogens with two attached hydrogens (primary N) is 1. The molecule has 82 valence electrons. The molecule has 0 bridgehead atoms. The topological polar surface area (TPSA) is 56.0 Å². The lowest BCUT2D eigenvalue weighted by atomic mass is 10.2. The van der Waals surface area contributed by atoms with Crippen LogP contribution in [0.5, 0.6) is 0 Å². The summed E-state index contributed by atoms with van der Waals surface area (Å²) in [6, 6.07) is 11.2. The van der Waals surface area contributed by atoms with E-state index in [1.165, 1.54) is 11.8 Å². The summed E-state index contributed by atoms with van der Waals surface area (Å²) in [6.45, 7) is 2.04. The van der Waals surface area contributed by atoms with Crippen LogP contribution >= 0.6 is 0 Å². The summed E-state index contributed by atoms with van der Waals surface area (Å²) >= 11 is 0. The highest BCUT2D eigenvalue weighted by Crippen LogP contribution is 2.02. The van der Waals surface area contributed by atoms with E-state index in [1.807, 2.05) is 31.2 Å². The maximum absolute atomic E-state index is 9.97. The molecular weight excluding hydrogens is 200 g/mol. The van der Waals surface area contributed by atoms with Crippen LogP contribution < -0.4 is 5.73 Å². The predicted molar refractivity (Wildman–Crippen MR) is 65.2 cm³/mol. The quantitative estimate of drug-likeness (QED) is 0.586. The third kappa shape index (κ3) is 4.37. The fraction of sp³-hybridized carbons (Fsp3) is 0.0769. The Bertz CT molecular complexity index is 402. The number of aromatic nitrogens is 1.